The molecule has 0 saturated heterocycles. The summed E-state index contributed by atoms with van der Waals surface area (Å²) < 4.78 is 10.3. The number of methoxy groups -OCH3 is 2. The van der Waals surface area contributed by atoms with E-state index in [-0.39, 0.29) is 24.8 Å². The summed E-state index contributed by atoms with van der Waals surface area (Å²) in [7, 11) is 3.03. The molecule has 0 radical (unpaired) electrons. The number of benzene rings is 2. The zero-order chi connectivity index (χ0) is 19.1. The van der Waals surface area contributed by atoms with Gasteiger partial charge < -0.3 is 20.1 Å². The zero-order valence-electron chi connectivity index (χ0n) is 14.9. The topological polar surface area (TPSA) is 76.7 Å². The number of hydrogen-bond acceptors (Lipinski definition) is 4. The maximum Gasteiger partial charge on any atom is 0.251 e. The average molecular weight is 377 g/mol. The van der Waals surface area contributed by atoms with Crippen LogP contribution in [-0.4, -0.2) is 32.6 Å². The molecule has 0 heterocycles. The van der Waals surface area contributed by atoms with Crippen molar-refractivity contribution in [3.05, 3.63) is 52.5 Å². The third kappa shape index (κ3) is 5.39. The van der Waals surface area contributed by atoms with Crippen LogP contribution in [0.1, 0.15) is 22.3 Å². The molecule has 138 valence electrons. The number of anilines is 1. The van der Waals surface area contributed by atoms with Crippen LogP contribution in [0.25, 0.3) is 0 Å². The summed E-state index contributed by atoms with van der Waals surface area (Å²) >= 11 is 5.93. The lowest BCUT2D eigenvalue weighted by Gasteiger charge is -2.10. The lowest BCUT2D eigenvalue weighted by Crippen LogP contribution is -2.27. The smallest absolute Gasteiger partial charge is 0.251 e. The van der Waals surface area contributed by atoms with Gasteiger partial charge in [-0.1, -0.05) is 17.7 Å². The monoisotopic (exact) mass is 376 g/mol. The van der Waals surface area contributed by atoms with Gasteiger partial charge in [0.15, 0.2) is 0 Å². The van der Waals surface area contributed by atoms with E-state index in [4.69, 9.17) is 21.1 Å². The van der Waals surface area contributed by atoms with E-state index in [1.165, 1.54) is 14.2 Å². The number of nitrogens with one attached hydrogen (secondary N) is 2. The lowest BCUT2D eigenvalue weighted by molar-refractivity contribution is -0.116. The molecule has 0 bridgehead atoms. The molecular formula is C19H21ClN2O4. The van der Waals surface area contributed by atoms with E-state index in [9.17, 15) is 9.59 Å². The Bertz CT molecular complexity index is 786. The molecule has 0 aliphatic rings. The SMILES string of the molecule is COc1cc(OC)cc(C(=O)NCCC(=O)Nc2cc(Cl)ccc2C)c1. The highest BCUT2D eigenvalue weighted by Crippen LogP contribution is 2.22. The molecule has 0 unspecified atom stereocenters. The highest BCUT2D eigenvalue weighted by Gasteiger charge is 2.11. The maximum atomic E-state index is 12.2. The fraction of sp³-hybridized carbons (Fsp3) is 0.263. The molecule has 0 aliphatic carbocycles. The molecule has 26 heavy (non-hydrogen) atoms. The minimum Gasteiger partial charge on any atom is -0.497 e. The Balaban J connectivity index is 1.90. The van der Waals surface area contributed by atoms with E-state index in [1.807, 2.05) is 13.0 Å². The molecule has 0 spiro atoms. The van der Waals surface area contributed by atoms with E-state index in [1.54, 1.807) is 30.3 Å². The number of carbonyl (C=O) groups is 2. The van der Waals surface area contributed by atoms with Gasteiger partial charge in [0.1, 0.15) is 11.5 Å². The van der Waals surface area contributed by atoms with Crippen LogP contribution in [0.4, 0.5) is 5.69 Å². The minimum absolute atomic E-state index is 0.138. The second-order valence-corrected chi connectivity index (χ2v) is 6.05. The predicted octanol–water partition coefficient (Wildman–Crippen LogP) is 3.42. The number of rotatable bonds is 7. The molecule has 0 aromatic heterocycles. The van der Waals surface area contributed by atoms with Crippen molar-refractivity contribution < 1.29 is 19.1 Å². The molecule has 2 N–H and O–H groups in total. The Hall–Kier alpha value is -2.73. The number of amides is 2. The van der Waals surface area contributed by atoms with Crippen LogP contribution in [0.2, 0.25) is 5.02 Å². The summed E-state index contributed by atoms with van der Waals surface area (Å²) in [5.41, 5.74) is 1.97. The van der Waals surface area contributed by atoms with Gasteiger partial charge in [-0.25, -0.2) is 0 Å². The summed E-state index contributed by atoms with van der Waals surface area (Å²) in [4.78, 5) is 24.3. The molecule has 6 nitrogen and oxygen atoms in total. The average Bonchev–Trinajstić information content (AvgIpc) is 2.64. The van der Waals surface area contributed by atoms with Crippen LogP contribution >= 0.6 is 11.6 Å². The Morgan fingerprint density at radius 1 is 1.04 bits per heavy atom. The standard InChI is InChI=1S/C19H21ClN2O4/c1-12-4-5-14(20)10-17(12)22-18(23)6-7-21-19(24)13-8-15(25-2)11-16(9-13)26-3/h4-5,8-11H,6-7H2,1-3H3,(H,21,24)(H,22,23). The van der Waals surface area contributed by atoms with Crippen molar-refractivity contribution in [2.24, 2.45) is 0 Å². The van der Waals surface area contributed by atoms with Gasteiger partial charge in [0.25, 0.3) is 5.91 Å². The summed E-state index contributed by atoms with van der Waals surface area (Å²) in [5, 5.41) is 6.04. The molecule has 2 amide bonds. The molecular weight excluding hydrogens is 356 g/mol. The Morgan fingerprint density at radius 3 is 2.31 bits per heavy atom. The van der Waals surface area contributed by atoms with E-state index in [2.05, 4.69) is 10.6 Å². The highest BCUT2D eigenvalue weighted by atomic mass is 35.5. The number of halogens is 1. The van der Waals surface area contributed by atoms with Crippen molar-refractivity contribution in [1.82, 2.24) is 5.32 Å². The Morgan fingerprint density at radius 2 is 1.69 bits per heavy atom. The quantitative estimate of drug-likeness (QED) is 0.776. The van der Waals surface area contributed by atoms with Crippen molar-refractivity contribution in [2.45, 2.75) is 13.3 Å². The Labute approximate surface area is 157 Å². The highest BCUT2D eigenvalue weighted by molar-refractivity contribution is 6.31. The summed E-state index contributed by atoms with van der Waals surface area (Å²) in [6.45, 7) is 2.08. The second kappa shape index (κ2) is 9.10. The normalized spacial score (nSPS) is 10.2. The second-order valence-electron chi connectivity index (χ2n) is 5.61. The number of hydrogen-bond donors (Lipinski definition) is 2. The van der Waals surface area contributed by atoms with Crippen LogP contribution in [0, 0.1) is 6.92 Å². The first-order valence-electron chi connectivity index (χ1n) is 8.00. The van der Waals surface area contributed by atoms with Gasteiger partial charge in [-0.2, -0.15) is 0 Å². The third-order valence-electron chi connectivity index (χ3n) is 3.72. The van der Waals surface area contributed by atoms with Crippen molar-refractivity contribution in [3.8, 4) is 11.5 Å². The van der Waals surface area contributed by atoms with Gasteiger partial charge in [-0.15, -0.1) is 0 Å². The lowest BCUT2D eigenvalue weighted by atomic mass is 10.2. The van der Waals surface area contributed by atoms with E-state index in [0.29, 0.717) is 27.8 Å². The molecule has 2 aromatic rings. The maximum absolute atomic E-state index is 12.2. The summed E-state index contributed by atoms with van der Waals surface area (Å²) in [6, 6.07) is 10.2. The van der Waals surface area contributed by atoms with Crippen molar-refractivity contribution in [1.29, 1.82) is 0 Å². The summed E-state index contributed by atoms with van der Waals surface area (Å²) in [6.07, 6.45) is 0.138. The number of ether oxygens (including phenoxy) is 2. The van der Waals surface area contributed by atoms with Gasteiger partial charge in [-0.3, -0.25) is 9.59 Å². The van der Waals surface area contributed by atoms with Crippen molar-refractivity contribution in [3.63, 3.8) is 0 Å². The first kappa shape index (κ1) is 19.6. The van der Waals surface area contributed by atoms with Crippen molar-refractivity contribution in [2.75, 3.05) is 26.1 Å². The van der Waals surface area contributed by atoms with Crippen LogP contribution in [-0.2, 0) is 4.79 Å². The molecule has 0 saturated carbocycles. The number of aryl methyl sites for hydroxylation is 1. The molecule has 0 aliphatic heterocycles. The molecule has 0 atom stereocenters. The molecule has 2 aromatic carbocycles. The zero-order valence-corrected chi connectivity index (χ0v) is 15.6. The first-order chi connectivity index (χ1) is 12.4. The summed E-state index contributed by atoms with van der Waals surface area (Å²) in [5.74, 6) is 0.514. The fourth-order valence-electron chi connectivity index (χ4n) is 2.27. The van der Waals surface area contributed by atoms with Gasteiger partial charge in [0, 0.05) is 35.3 Å². The molecule has 0 fully saturated rings. The largest absolute Gasteiger partial charge is 0.497 e. The minimum atomic E-state index is -0.311. The molecule has 2 rings (SSSR count). The van der Waals surface area contributed by atoms with Gasteiger partial charge in [0.2, 0.25) is 5.91 Å². The van der Waals surface area contributed by atoms with E-state index >= 15 is 0 Å². The number of carbonyl (C=O) groups excluding carboxylic acids is 2. The van der Waals surface area contributed by atoms with E-state index in [0.717, 1.165) is 5.56 Å². The van der Waals surface area contributed by atoms with Crippen LogP contribution < -0.4 is 20.1 Å². The Kier molecular flexibility index (Phi) is 6.86. The van der Waals surface area contributed by atoms with E-state index < -0.39 is 0 Å². The van der Waals surface area contributed by atoms with Crippen LogP contribution in [0.3, 0.4) is 0 Å². The molecule has 7 heteroatoms. The van der Waals surface area contributed by atoms with Gasteiger partial charge in [-0.05, 0) is 36.8 Å². The van der Waals surface area contributed by atoms with Gasteiger partial charge >= 0.3 is 0 Å². The third-order valence-corrected chi connectivity index (χ3v) is 3.96. The van der Waals surface area contributed by atoms with Crippen LogP contribution in [0.5, 0.6) is 11.5 Å². The predicted molar refractivity (Wildman–Crippen MR) is 101 cm³/mol. The fourth-order valence-corrected chi connectivity index (χ4v) is 2.44. The van der Waals surface area contributed by atoms with Crippen LogP contribution in [0.15, 0.2) is 36.4 Å². The van der Waals surface area contributed by atoms with Crippen molar-refractivity contribution >= 4 is 29.1 Å². The first-order valence-corrected chi connectivity index (χ1v) is 8.38. The van der Waals surface area contributed by atoms with Gasteiger partial charge in [0.05, 0.1) is 14.2 Å².